The predicted molar refractivity (Wildman–Crippen MR) is 133 cm³/mol. The molecule has 3 heterocycles. The summed E-state index contributed by atoms with van der Waals surface area (Å²) in [6, 6.07) is 11.3. The zero-order valence-electron chi connectivity index (χ0n) is 18.6. The topological polar surface area (TPSA) is 99.2 Å². The van der Waals surface area contributed by atoms with Crippen molar-refractivity contribution in [2.75, 3.05) is 18.2 Å². The van der Waals surface area contributed by atoms with Crippen molar-refractivity contribution in [3.05, 3.63) is 72.0 Å². The molecule has 0 aliphatic rings. The number of aromatic nitrogens is 3. The van der Waals surface area contributed by atoms with Gasteiger partial charge in [-0.3, -0.25) is 9.36 Å². The molecule has 0 saturated carbocycles. The zero-order chi connectivity index (χ0) is 24.1. The highest BCUT2D eigenvalue weighted by Gasteiger charge is 2.23. The number of allylic oxidation sites excluding steroid dienone is 1. The molecule has 1 N–H and O–H groups in total. The Kier molecular flexibility index (Phi) is 7.29. The fourth-order valence-electron chi connectivity index (χ4n) is 3.38. The lowest BCUT2D eigenvalue weighted by Gasteiger charge is -2.09. The number of hydrogen-bond acceptors (Lipinski definition) is 8. The van der Waals surface area contributed by atoms with Gasteiger partial charge in [0.2, 0.25) is 5.91 Å². The first kappa shape index (κ1) is 23.5. The SMILES string of the molecule is C=CCn1c(SCC(=O)Nc2scc(-c3ccccc3)c2C(=O)OC)nnc1-c1ccoc1C. The van der Waals surface area contributed by atoms with Gasteiger partial charge in [-0.2, -0.15) is 0 Å². The summed E-state index contributed by atoms with van der Waals surface area (Å²) in [4.78, 5) is 25.3. The molecule has 8 nitrogen and oxygen atoms in total. The number of carbonyl (C=O) groups excluding carboxylic acids is 2. The van der Waals surface area contributed by atoms with Gasteiger partial charge in [0.25, 0.3) is 0 Å². The highest BCUT2D eigenvalue weighted by atomic mass is 32.2. The number of carbonyl (C=O) groups is 2. The Morgan fingerprint density at radius 2 is 2.03 bits per heavy atom. The van der Waals surface area contributed by atoms with Crippen LogP contribution in [0.2, 0.25) is 0 Å². The molecule has 0 atom stereocenters. The van der Waals surface area contributed by atoms with E-state index in [-0.39, 0.29) is 11.7 Å². The second kappa shape index (κ2) is 10.5. The summed E-state index contributed by atoms with van der Waals surface area (Å²) >= 11 is 2.53. The fraction of sp³-hybridized carbons (Fsp3) is 0.167. The molecule has 0 radical (unpaired) electrons. The molecule has 1 aromatic carbocycles. The van der Waals surface area contributed by atoms with E-state index in [9.17, 15) is 9.59 Å². The Hall–Kier alpha value is -3.63. The van der Waals surface area contributed by atoms with Crippen molar-refractivity contribution in [1.82, 2.24) is 14.8 Å². The third-order valence-electron chi connectivity index (χ3n) is 4.98. The van der Waals surface area contributed by atoms with Crippen LogP contribution in [0.5, 0.6) is 0 Å². The first-order valence-corrected chi connectivity index (χ1v) is 12.2. The molecule has 0 saturated heterocycles. The summed E-state index contributed by atoms with van der Waals surface area (Å²) in [5.41, 5.74) is 2.75. The van der Waals surface area contributed by atoms with Crippen LogP contribution in [0.3, 0.4) is 0 Å². The van der Waals surface area contributed by atoms with Crippen molar-refractivity contribution in [3.63, 3.8) is 0 Å². The minimum absolute atomic E-state index is 0.0822. The van der Waals surface area contributed by atoms with Gasteiger partial charge < -0.3 is 14.5 Å². The largest absolute Gasteiger partial charge is 0.469 e. The van der Waals surface area contributed by atoms with E-state index >= 15 is 0 Å². The van der Waals surface area contributed by atoms with Crippen molar-refractivity contribution in [1.29, 1.82) is 0 Å². The highest BCUT2D eigenvalue weighted by Crippen LogP contribution is 2.36. The molecule has 0 fully saturated rings. The molecular weight excluding hydrogens is 472 g/mol. The number of nitrogens with zero attached hydrogens (tertiary/aromatic N) is 3. The summed E-state index contributed by atoms with van der Waals surface area (Å²) in [6.45, 7) is 6.14. The molecule has 0 bridgehead atoms. The van der Waals surface area contributed by atoms with E-state index in [0.29, 0.717) is 33.7 Å². The van der Waals surface area contributed by atoms with Gasteiger partial charge in [0.1, 0.15) is 16.3 Å². The number of ether oxygens (including phenoxy) is 1. The second-order valence-electron chi connectivity index (χ2n) is 7.14. The maximum absolute atomic E-state index is 12.8. The van der Waals surface area contributed by atoms with Crippen molar-refractivity contribution in [2.24, 2.45) is 0 Å². The van der Waals surface area contributed by atoms with Crippen LogP contribution in [0.25, 0.3) is 22.5 Å². The van der Waals surface area contributed by atoms with Gasteiger partial charge in [0.15, 0.2) is 11.0 Å². The number of thiophene rings is 1. The average Bonchev–Trinajstić information content (AvgIpc) is 3.56. The maximum atomic E-state index is 12.8. The number of amides is 1. The third-order valence-corrected chi connectivity index (χ3v) is 6.84. The number of furan rings is 1. The van der Waals surface area contributed by atoms with Crippen molar-refractivity contribution in [2.45, 2.75) is 18.6 Å². The van der Waals surface area contributed by atoms with E-state index in [4.69, 9.17) is 9.15 Å². The molecule has 3 aromatic heterocycles. The van der Waals surface area contributed by atoms with Gasteiger partial charge in [-0.05, 0) is 18.6 Å². The van der Waals surface area contributed by atoms with Crippen molar-refractivity contribution < 1.29 is 18.7 Å². The molecule has 0 aliphatic carbocycles. The number of hydrogen-bond donors (Lipinski definition) is 1. The predicted octanol–water partition coefficient (Wildman–Crippen LogP) is 5.28. The second-order valence-corrected chi connectivity index (χ2v) is 8.97. The number of rotatable bonds is 9. The van der Waals surface area contributed by atoms with Gasteiger partial charge in [-0.25, -0.2) is 4.79 Å². The van der Waals surface area contributed by atoms with Gasteiger partial charge in [0, 0.05) is 17.5 Å². The smallest absolute Gasteiger partial charge is 0.341 e. The van der Waals surface area contributed by atoms with Gasteiger partial charge in [-0.15, -0.1) is 28.1 Å². The van der Waals surface area contributed by atoms with Crippen molar-refractivity contribution in [3.8, 4) is 22.5 Å². The summed E-state index contributed by atoms with van der Waals surface area (Å²) in [7, 11) is 1.32. The standard InChI is InChI=1S/C24H22N4O4S2/c1-4-11-28-21(17-10-12-32-15(17)2)26-27-24(28)34-14-19(29)25-22-20(23(30)31-3)18(13-33-22)16-8-6-5-7-9-16/h4-10,12-13H,1,11,14H2,2-3H3,(H,25,29). The number of thioether (sulfide) groups is 1. The Labute approximate surface area is 204 Å². The van der Waals surface area contributed by atoms with E-state index in [1.807, 2.05) is 53.3 Å². The molecule has 10 heteroatoms. The summed E-state index contributed by atoms with van der Waals surface area (Å²) in [6.07, 6.45) is 3.34. The van der Waals surface area contributed by atoms with Crippen LogP contribution >= 0.6 is 23.1 Å². The number of esters is 1. The average molecular weight is 495 g/mol. The molecule has 4 rings (SSSR count). The van der Waals surface area contributed by atoms with Gasteiger partial charge in [0.05, 0.1) is 24.7 Å². The Bertz CT molecular complexity index is 1320. The van der Waals surface area contributed by atoms with E-state index in [1.165, 1.54) is 30.2 Å². The molecule has 1 amide bonds. The molecule has 0 unspecified atom stereocenters. The van der Waals surface area contributed by atoms with E-state index in [0.717, 1.165) is 16.9 Å². The van der Waals surface area contributed by atoms with E-state index in [2.05, 4.69) is 22.1 Å². The zero-order valence-corrected chi connectivity index (χ0v) is 20.2. The van der Waals surface area contributed by atoms with Crippen LogP contribution in [0.1, 0.15) is 16.1 Å². The van der Waals surface area contributed by atoms with E-state index in [1.54, 1.807) is 12.3 Å². The minimum Gasteiger partial charge on any atom is -0.469 e. The lowest BCUT2D eigenvalue weighted by molar-refractivity contribution is -0.113. The first-order valence-electron chi connectivity index (χ1n) is 10.3. The van der Waals surface area contributed by atoms with Crippen molar-refractivity contribution >= 4 is 40.0 Å². The van der Waals surface area contributed by atoms with Gasteiger partial charge >= 0.3 is 5.97 Å². The number of benzene rings is 1. The molecular formula is C24H22N4O4S2. The van der Waals surface area contributed by atoms with Crippen LogP contribution in [0.15, 0.2) is 70.3 Å². The molecule has 0 aliphatic heterocycles. The first-order chi connectivity index (χ1) is 16.5. The Morgan fingerprint density at radius 3 is 2.71 bits per heavy atom. The molecule has 174 valence electrons. The van der Waals surface area contributed by atoms with Crippen LogP contribution in [0.4, 0.5) is 5.00 Å². The molecule has 0 spiro atoms. The summed E-state index contributed by atoms with van der Waals surface area (Å²) in [5, 5.41) is 14.2. The van der Waals surface area contributed by atoms with Crippen LogP contribution in [0, 0.1) is 6.92 Å². The Balaban J connectivity index is 1.52. The minimum atomic E-state index is -0.506. The molecule has 34 heavy (non-hydrogen) atoms. The third kappa shape index (κ3) is 4.82. The Morgan fingerprint density at radius 1 is 1.24 bits per heavy atom. The maximum Gasteiger partial charge on any atom is 0.341 e. The van der Waals surface area contributed by atoms with Crippen LogP contribution < -0.4 is 5.32 Å². The monoisotopic (exact) mass is 494 g/mol. The van der Waals surface area contributed by atoms with Crippen LogP contribution in [-0.4, -0.2) is 39.5 Å². The quantitative estimate of drug-likeness (QED) is 0.192. The number of methoxy groups -OCH3 is 1. The normalized spacial score (nSPS) is 10.8. The fourth-order valence-corrected chi connectivity index (χ4v) is 5.10. The molecule has 4 aromatic rings. The van der Waals surface area contributed by atoms with E-state index < -0.39 is 5.97 Å². The van der Waals surface area contributed by atoms with Crippen LogP contribution in [-0.2, 0) is 16.1 Å². The summed E-state index contributed by atoms with van der Waals surface area (Å²) < 4.78 is 12.2. The lowest BCUT2D eigenvalue weighted by atomic mass is 10.0. The summed E-state index contributed by atoms with van der Waals surface area (Å²) in [5.74, 6) is 0.681. The number of aryl methyl sites for hydroxylation is 1. The van der Waals surface area contributed by atoms with Gasteiger partial charge in [-0.1, -0.05) is 48.2 Å². The lowest BCUT2D eigenvalue weighted by Crippen LogP contribution is -2.16. The highest BCUT2D eigenvalue weighted by molar-refractivity contribution is 7.99. The number of anilines is 1. The number of nitrogens with one attached hydrogen (secondary N) is 1.